The molecule has 1 aliphatic rings. The second-order valence-electron chi connectivity index (χ2n) is 8.78. The second kappa shape index (κ2) is 18.2. The Morgan fingerprint density at radius 3 is 1.71 bits per heavy atom. The molecular formula is C24H48NO3+. The average Bonchev–Trinajstić information content (AvgIpc) is 2.67. The highest BCUT2D eigenvalue weighted by Gasteiger charge is 2.27. The number of unbranched alkanes of at least 4 members (excludes halogenated alkanes) is 5. The normalized spacial score (nSPS) is 18.6. The average molecular weight is 399 g/mol. The molecule has 0 N–H and O–H groups in total. The molecule has 0 aromatic rings. The van der Waals surface area contributed by atoms with Gasteiger partial charge in [-0.3, -0.25) is 0 Å². The Kier molecular flexibility index (Phi) is 16.4. The van der Waals surface area contributed by atoms with Crippen LogP contribution in [0.4, 0.5) is 0 Å². The van der Waals surface area contributed by atoms with Crippen LogP contribution in [-0.2, 0) is 9.68 Å². The van der Waals surface area contributed by atoms with Crippen LogP contribution in [0.1, 0.15) is 142 Å². The summed E-state index contributed by atoms with van der Waals surface area (Å²) in [5, 5.41) is 0.479. The van der Waals surface area contributed by atoms with Gasteiger partial charge in [0.1, 0.15) is 4.91 Å². The van der Waals surface area contributed by atoms with E-state index in [2.05, 4.69) is 13.8 Å². The van der Waals surface area contributed by atoms with Gasteiger partial charge >= 0.3 is 5.09 Å². The van der Waals surface area contributed by atoms with Gasteiger partial charge in [-0.1, -0.05) is 90.9 Å². The zero-order valence-corrected chi connectivity index (χ0v) is 19.0. The first kappa shape index (κ1) is 25.2. The smallest absolute Gasteiger partial charge is 0.183 e. The van der Waals surface area contributed by atoms with E-state index in [1.807, 2.05) is 0 Å². The third kappa shape index (κ3) is 14.2. The molecule has 1 unspecified atom stereocenters. The standard InChI is InChI=1S/C24H48NO3/c1-3-5-7-16-20-23(19-15-6-4-2)27-25(26)28-24-21-17-13-11-9-8-10-12-14-18-22-24/h23-24H,3-22H2,1-2H3/q+1. The van der Waals surface area contributed by atoms with Crippen LogP contribution in [0.25, 0.3) is 0 Å². The molecule has 1 fully saturated rings. The summed E-state index contributed by atoms with van der Waals surface area (Å²) in [6.45, 7) is 4.44. The van der Waals surface area contributed by atoms with Gasteiger partial charge in [-0.2, -0.15) is 9.68 Å². The number of nitrogens with zero attached hydrogens (tertiary/aromatic N) is 1. The number of rotatable bonds is 13. The molecule has 0 bridgehead atoms. The van der Waals surface area contributed by atoms with Crippen LogP contribution in [0.3, 0.4) is 0 Å². The highest BCUT2D eigenvalue weighted by Crippen LogP contribution is 2.20. The maximum Gasteiger partial charge on any atom is 0.478 e. The fourth-order valence-electron chi connectivity index (χ4n) is 4.17. The molecule has 28 heavy (non-hydrogen) atoms. The molecule has 0 spiro atoms. The van der Waals surface area contributed by atoms with Gasteiger partial charge < -0.3 is 0 Å². The van der Waals surface area contributed by atoms with Gasteiger partial charge in [-0.15, -0.1) is 0 Å². The third-order valence-electron chi connectivity index (χ3n) is 6.03. The van der Waals surface area contributed by atoms with Gasteiger partial charge in [-0.25, -0.2) is 0 Å². The van der Waals surface area contributed by atoms with E-state index in [1.165, 1.54) is 77.0 Å². The van der Waals surface area contributed by atoms with Crippen molar-refractivity contribution < 1.29 is 14.8 Å². The molecule has 1 saturated carbocycles. The Bertz CT molecular complexity index is 341. The summed E-state index contributed by atoms with van der Waals surface area (Å²) in [5.74, 6) is 0. The lowest BCUT2D eigenvalue weighted by atomic mass is 9.99. The summed E-state index contributed by atoms with van der Waals surface area (Å²) in [6, 6.07) is 0. The fourth-order valence-corrected chi connectivity index (χ4v) is 4.17. The first-order chi connectivity index (χ1) is 13.8. The molecule has 1 aliphatic carbocycles. The molecule has 0 amide bonds. The quantitative estimate of drug-likeness (QED) is 0.232. The summed E-state index contributed by atoms with van der Waals surface area (Å²) in [7, 11) is 0. The van der Waals surface area contributed by atoms with Gasteiger partial charge in [0, 0.05) is 0 Å². The lowest BCUT2D eigenvalue weighted by Gasteiger charge is -2.14. The summed E-state index contributed by atoms with van der Waals surface area (Å²) in [6.07, 6.45) is 23.9. The van der Waals surface area contributed by atoms with E-state index in [-0.39, 0.29) is 12.2 Å². The molecule has 0 aromatic carbocycles. The number of hydrogen-bond acceptors (Lipinski definition) is 3. The van der Waals surface area contributed by atoms with Gasteiger partial charge in [0.25, 0.3) is 0 Å². The minimum atomic E-state index is 0.00662. The Labute approximate surface area is 174 Å². The highest BCUT2D eigenvalue weighted by molar-refractivity contribution is 4.60. The van der Waals surface area contributed by atoms with Crippen molar-refractivity contribution in [2.75, 3.05) is 0 Å². The first-order valence-corrected chi connectivity index (χ1v) is 12.6. The zero-order valence-electron chi connectivity index (χ0n) is 19.0. The van der Waals surface area contributed by atoms with E-state index in [1.54, 1.807) is 0 Å². The van der Waals surface area contributed by atoms with Crippen LogP contribution in [0.15, 0.2) is 0 Å². The summed E-state index contributed by atoms with van der Waals surface area (Å²) in [5.41, 5.74) is 0. The molecule has 4 heteroatoms. The van der Waals surface area contributed by atoms with Crippen molar-refractivity contribution in [2.45, 2.75) is 154 Å². The summed E-state index contributed by atoms with van der Waals surface area (Å²) >= 11 is 0. The number of hydrogen-bond donors (Lipinski definition) is 0. The van der Waals surface area contributed by atoms with Crippen LogP contribution >= 0.6 is 0 Å². The minimum Gasteiger partial charge on any atom is -0.183 e. The van der Waals surface area contributed by atoms with E-state index in [0.29, 0.717) is 5.09 Å². The Balaban J connectivity index is 2.41. The SMILES string of the molecule is CCCCCCC(CCCCC)O[N+](=O)OC1CCCCCCCCCCC1. The molecule has 1 rings (SSSR count). The molecule has 4 nitrogen and oxygen atoms in total. The van der Waals surface area contributed by atoms with E-state index >= 15 is 0 Å². The van der Waals surface area contributed by atoms with Crippen molar-refractivity contribution in [3.05, 3.63) is 4.91 Å². The highest BCUT2D eigenvalue weighted by atomic mass is 17.0. The lowest BCUT2D eigenvalue weighted by Crippen LogP contribution is -2.26. The monoisotopic (exact) mass is 398 g/mol. The largest absolute Gasteiger partial charge is 0.478 e. The van der Waals surface area contributed by atoms with Crippen molar-refractivity contribution in [3.8, 4) is 0 Å². The molecule has 166 valence electrons. The molecule has 1 atom stereocenters. The van der Waals surface area contributed by atoms with Crippen molar-refractivity contribution in [1.29, 1.82) is 0 Å². The summed E-state index contributed by atoms with van der Waals surface area (Å²) in [4.78, 5) is 23.8. The lowest BCUT2D eigenvalue weighted by molar-refractivity contribution is -0.993. The molecule has 0 radical (unpaired) electrons. The maximum atomic E-state index is 12.4. The molecule has 0 aliphatic heterocycles. The van der Waals surface area contributed by atoms with Gasteiger partial charge in [0.15, 0.2) is 12.2 Å². The van der Waals surface area contributed by atoms with E-state index in [9.17, 15) is 4.91 Å². The van der Waals surface area contributed by atoms with Gasteiger partial charge in [0.05, 0.1) is 0 Å². The van der Waals surface area contributed by atoms with Crippen LogP contribution in [0.2, 0.25) is 0 Å². The molecule has 0 aromatic heterocycles. The van der Waals surface area contributed by atoms with Gasteiger partial charge in [0.2, 0.25) is 0 Å². The first-order valence-electron chi connectivity index (χ1n) is 12.6. The molecule has 0 heterocycles. The van der Waals surface area contributed by atoms with Crippen molar-refractivity contribution in [1.82, 2.24) is 0 Å². The Morgan fingerprint density at radius 1 is 0.714 bits per heavy atom. The Morgan fingerprint density at radius 2 is 1.18 bits per heavy atom. The van der Waals surface area contributed by atoms with E-state index in [0.717, 1.165) is 51.4 Å². The molecular weight excluding hydrogens is 350 g/mol. The minimum absolute atomic E-state index is 0.00662. The van der Waals surface area contributed by atoms with Crippen LogP contribution in [0, 0.1) is 4.91 Å². The second-order valence-corrected chi connectivity index (χ2v) is 8.78. The third-order valence-corrected chi connectivity index (χ3v) is 6.03. The van der Waals surface area contributed by atoms with Crippen LogP contribution in [-0.4, -0.2) is 17.3 Å². The van der Waals surface area contributed by atoms with Crippen molar-refractivity contribution in [2.24, 2.45) is 0 Å². The predicted octanol–water partition coefficient (Wildman–Crippen LogP) is 8.22. The summed E-state index contributed by atoms with van der Waals surface area (Å²) < 4.78 is 0. The van der Waals surface area contributed by atoms with Gasteiger partial charge in [-0.05, 0) is 51.4 Å². The zero-order chi connectivity index (χ0) is 20.3. The van der Waals surface area contributed by atoms with Crippen LogP contribution in [0.5, 0.6) is 0 Å². The van der Waals surface area contributed by atoms with E-state index < -0.39 is 0 Å². The fraction of sp³-hybridized carbons (Fsp3) is 1.00. The Hall–Kier alpha value is -0.800. The van der Waals surface area contributed by atoms with Crippen molar-refractivity contribution in [3.63, 3.8) is 0 Å². The molecule has 0 saturated heterocycles. The van der Waals surface area contributed by atoms with Crippen molar-refractivity contribution >= 4 is 0 Å². The van der Waals surface area contributed by atoms with E-state index in [4.69, 9.17) is 9.68 Å². The van der Waals surface area contributed by atoms with Crippen LogP contribution < -0.4 is 0 Å². The topological polar surface area (TPSA) is 38.5 Å². The maximum absolute atomic E-state index is 12.4. The predicted molar refractivity (Wildman–Crippen MR) is 117 cm³/mol.